The van der Waals surface area contributed by atoms with Crippen LogP contribution in [-0.2, 0) is 66.8 Å². The number of hydrogen-bond acceptors (Lipinski definition) is 18. The second-order valence-electron chi connectivity index (χ2n) is 24.0. The fourth-order valence-corrected chi connectivity index (χ4v) is 9.69. The van der Waals surface area contributed by atoms with Gasteiger partial charge in [-0.25, -0.2) is 0 Å². The lowest BCUT2D eigenvalue weighted by Gasteiger charge is -2.22. The normalized spacial score (nSPS) is 14.4. The summed E-state index contributed by atoms with van der Waals surface area (Å²) >= 11 is 0. The van der Waals surface area contributed by atoms with Crippen LogP contribution in [0.1, 0.15) is 278 Å². The molecule has 0 bridgehead atoms. The summed E-state index contributed by atoms with van der Waals surface area (Å²) in [6, 6.07) is -4.11. The molecule has 0 aliphatic carbocycles. The number of carbonyl (C=O) groups excluding carboxylic acids is 6. The Hall–Kier alpha value is -4.40. The average molecular weight is 1290 g/mol. The molecule has 90 heavy (non-hydrogen) atoms. The zero-order valence-corrected chi connectivity index (χ0v) is 57.3. The third-order valence-electron chi connectivity index (χ3n) is 16.6. The maximum Gasteiger partial charge on any atom is 0.323 e. The van der Waals surface area contributed by atoms with Crippen molar-refractivity contribution in [2.45, 2.75) is 302 Å². The van der Waals surface area contributed by atoms with Crippen molar-refractivity contribution in [1.82, 2.24) is 21.3 Å². The lowest BCUT2D eigenvalue weighted by Crippen LogP contribution is -2.47. The molecule has 0 radical (unpaired) electrons. The van der Waals surface area contributed by atoms with Crippen molar-refractivity contribution in [2.24, 2.45) is 35.5 Å². The van der Waals surface area contributed by atoms with E-state index >= 15 is 0 Å². The van der Waals surface area contributed by atoms with Crippen LogP contribution in [0.4, 0.5) is 0 Å². The Bertz CT molecular complexity index is 1680. The van der Waals surface area contributed by atoms with E-state index < -0.39 is 71.9 Å². The first kappa shape index (κ1) is 92.0. The maximum absolute atomic E-state index is 13.3. The van der Waals surface area contributed by atoms with E-state index in [0.29, 0.717) is 38.3 Å². The van der Waals surface area contributed by atoms with Crippen molar-refractivity contribution in [3.8, 4) is 0 Å². The summed E-state index contributed by atoms with van der Waals surface area (Å²) in [4.78, 5) is 99.8. The number of carboxylic acids is 2. The molecule has 0 aliphatic rings. The van der Waals surface area contributed by atoms with Gasteiger partial charge in [-0.1, -0.05) is 214 Å². The number of nitrogens with one attached hydrogen (secondary N) is 4. The highest BCUT2D eigenvalue weighted by atomic mass is 16.6. The van der Waals surface area contributed by atoms with Crippen molar-refractivity contribution in [3.05, 3.63) is 0 Å². The van der Waals surface area contributed by atoms with Crippen LogP contribution >= 0.6 is 0 Å². The van der Waals surface area contributed by atoms with Gasteiger partial charge in [-0.15, -0.1) is 0 Å². The number of esters is 6. The third kappa shape index (κ3) is 49.3. The summed E-state index contributed by atoms with van der Waals surface area (Å²) < 4.78 is 33.3. The molecule has 0 spiro atoms. The van der Waals surface area contributed by atoms with Gasteiger partial charge in [0.15, 0.2) is 0 Å². The van der Waals surface area contributed by atoms with Crippen molar-refractivity contribution in [3.63, 3.8) is 0 Å². The Morgan fingerprint density at radius 3 is 0.644 bits per heavy atom. The SMILES string of the molecule is C.C.CCCCC(CC)COC(=O)C[C@H](NCCN[C@@H](CC(=O)OCC(CC)CCCC)C(=O)O)C(=O)O.CCCCC(CC)COC(=O)C[C@H](NCCN[C@@H](CC(=O)OCC(CC)CCCC)C(=O)OCC(CC)CCCC)C(=O)OCC(CC)CCCC. The Balaban J connectivity index is -0.000000856. The highest BCUT2D eigenvalue weighted by molar-refractivity contribution is 5.84. The highest BCUT2D eigenvalue weighted by Crippen LogP contribution is 2.19. The fourth-order valence-electron chi connectivity index (χ4n) is 9.69. The molecule has 0 rings (SSSR count). The molecular formula is C70H136N4O16. The molecule has 532 valence electrons. The van der Waals surface area contributed by atoms with Gasteiger partial charge in [-0.2, -0.15) is 0 Å². The summed E-state index contributed by atoms with van der Waals surface area (Å²) in [6.07, 6.45) is 23.2. The molecule has 20 nitrogen and oxygen atoms in total. The number of carboxylic acid groups (broad SMARTS) is 2. The van der Waals surface area contributed by atoms with Crippen molar-refractivity contribution >= 4 is 47.8 Å². The van der Waals surface area contributed by atoms with Gasteiger partial charge in [0.25, 0.3) is 0 Å². The number of aliphatic carboxylic acids is 2. The van der Waals surface area contributed by atoms with Crippen LogP contribution in [0.2, 0.25) is 0 Å². The Labute approximate surface area is 547 Å². The van der Waals surface area contributed by atoms with E-state index in [4.69, 9.17) is 28.4 Å². The molecule has 0 saturated heterocycles. The van der Waals surface area contributed by atoms with Crippen LogP contribution in [0.3, 0.4) is 0 Å². The molecule has 0 saturated carbocycles. The second kappa shape index (κ2) is 62.1. The number of hydrogen-bond donors (Lipinski definition) is 6. The molecule has 6 N–H and O–H groups in total. The summed E-state index contributed by atoms with van der Waals surface area (Å²) in [6.45, 7) is 27.7. The van der Waals surface area contributed by atoms with E-state index in [1.807, 2.05) is 13.8 Å². The molecule has 0 aromatic rings. The zero-order chi connectivity index (χ0) is 66.3. The smallest absolute Gasteiger partial charge is 0.323 e. The standard InChI is InChI=1S/C42H80N2O8.C26H48N2O8.2CH4/c1-9-17-21-33(13-5)29-49-39(45)27-37(41(47)51-31-35(15-7)23-19-11-3)43-25-26-44-38(42(48)52-32-36(16-8)24-20-12-4)28-40(46)50-30-34(14-6)22-18-10-2;1-5-9-11-19(7-3)17-35-23(29)15-21(25(31)32)27-13-14-28-22(26(33)34)16-24(30)36-18-20(8-4)12-10-6-2;;/h33-38,43-44H,9-32H2,1-8H3;19-22,27-28H,5-18H2,1-4H3,(H,31,32)(H,33,34);2*1H4/t33?,34?,35?,36?,37-,38-;19?,20?,21-,22-;;/m00../s1. The van der Waals surface area contributed by atoms with E-state index in [-0.39, 0.29) is 104 Å². The average Bonchev–Trinajstić information content (AvgIpc) is 3.65. The summed E-state index contributed by atoms with van der Waals surface area (Å²) in [5.74, 6) is -3.80. The predicted molar refractivity (Wildman–Crippen MR) is 360 cm³/mol. The molecule has 0 aromatic heterocycles. The lowest BCUT2D eigenvalue weighted by atomic mass is 10.0. The summed E-state index contributed by atoms with van der Waals surface area (Å²) in [5.41, 5.74) is 0. The number of carbonyl (C=O) groups is 8. The second-order valence-corrected chi connectivity index (χ2v) is 24.0. The van der Waals surface area contributed by atoms with Crippen molar-refractivity contribution < 1.29 is 77.0 Å². The van der Waals surface area contributed by atoms with Crippen LogP contribution in [-0.4, -0.2) is 148 Å². The molecule has 0 aliphatic heterocycles. The van der Waals surface area contributed by atoms with Crippen molar-refractivity contribution in [1.29, 1.82) is 0 Å². The first-order valence-corrected chi connectivity index (χ1v) is 34.6. The van der Waals surface area contributed by atoms with Crippen LogP contribution in [0, 0.1) is 35.5 Å². The molecule has 0 aromatic carbocycles. The minimum absolute atomic E-state index is 0. The van der Waals surface area contributed by atoms with Gasteiger partial charge in [0.1, 0.15) is 24.2 Å². The molecule has 0 heterocycles. The van der Waals surface area contributed by atoms with Gasteiger partial charge in [-0.3, -0.25) is 38.4 Å². The van der Waals surface area contributed by atoms with Gasteiger partial charge in [0, 0.05) is 26.2 Å². The van der Waals surface area contributed by atoms with E-state index in [0.717, 1.165) is 154 Å². The Morgan fingerprint density at radius 2 is 0.467 bits per heavy atom. The lowest BCUT2D eigenvalue weighted by molar-refractivity contribution is -0.154. The topological polar surface area (TPSA) is 281 Å². The molecule has 10 atom stereocenters. The minimum Gasteiger partial charge on any atom is -0.480 e. The molecular weight excluding hydrogens is 1150 g/mol. The predicted octanol–water partition coefficient (Wildman–Crippen LogP) is 13.4. The monoisotopic (exact) mass is 1290 g/mol. The highest BCUT2D eigenvalue weighted by Gasteiger charge is 2.29. The van der Waals surface area contributed by atoms with Crippen molar-refractivity contribution in [2.75, 3.05) is 65.8 Å². The largest absolute Gasteiger partial charge is 0.480 e. The van der Waals surface area contributed by atoms with Crippen LogP contribution in [0.25, 0.3) is 0 Å². The zero-order valence-electron chi connectivity index (χ0n) is 57.3. The third-order valence-corrected chi connectivity index (χ3v) is 16.6. The Morgan fingerprint density at radius 1 is 0.289 bits per heavy atom. The van der Waals surface area contributed by atoms with Gasteiger partial charge in [0.2, 0.25) is 0 Å². The number of unbranched alkanes of at least 4 members (excludes halogenated alkanes) is 6. The quantitative estimate of drug-likeness (QED) is 0.0187. The van der Waals surface area contributed by atoms with Gasteiger partial charge in [-0.05, 0) is 74.0 Å². The van der Waals surface area contributed by atoms with Gasteiger partial charge < -0.3 is 59.9 Å². The van der Waals surface area contributed by atoms with E-state index in [2.05, 4.69) is 90.5 Å². The minimum atomic E-state index is -1.20. The number of rotatable bonds is 58. The molecule has 6 unspecified atom stereocenters. The molecule has 0 fully saturated rings. The van der Waals surface area contributed by atoms with Crippen LogP contribution in [0.5, 0.6) is 0 Å². The van der Waals surface area contributed by atoms with Crippen LogP contribution in [0.15, 0.2) is 0 Å². The van der Waals surface area contributed by atoms with Crippen LogP contribution < -0.4 is 21.3 Å². The van der Waals surface area contributed by atoms with E-state index in [1.54, 1.807) is 0 Å². The summed E-state index contributed by atoms with van der Waals surface area (Å²) in [5, 5.41) is 30.6. The Kier molecular flexibility index (Phi) is 63.5. The maximum atomic E-state index is 13.3. The first-order chi connectivity index (χ1) is 42.3. The molecule has 0 amide bonds. The van der Waals surface area contributed by atoms with Gasteiger partial charge in [0.05, 0.1) is 65.3 Å². The molecule has 20 heteroatoms. The van der Waals surface area contributed by atoms with E-state index in [9.17, 15) is 48.6 Å². The fraction of sp³-hybridized carbons (Fsp3) is 0.886. The first-order valence-electron chi connectivity index (χ1n) is 34.6. The van der Waals surface area contributed by atoms with E-state index in [1.165, 1.54) is 0 Å². The number of ether oxygens (including phenoxy) is 6. The summed E-state index contributed by atoms with van der Waals surface area (Å²) in [7, 11) is 0. The van der Waals surface area contributed by atoms with Gasteiger partial charge >= 0.3 is 47.8 Å².